The van der Waals surface area contributed by atoms with Crippen molar-refractivity contribution in [1.82, 2.24) is 0 Å². The van der Waals surface area contributed by atoms with Gasteiger partial charge in [-0.25, -0.2) is 8.78 Å². The van der Waals surface area contributed by atoms with Crippen LogP contribution in [-0.2, 0) is 0 Å². The summed E-state index contributed by atoms with van der Waals surface area (Å²) >= 11 is 6.23. The predicted octanol–water partition coefficient (Wildman–Crippen LogP) is 4.54. The van der Waals surface area contributed by atoms with E-state index in [2.05, 4.69) is 31.9 Å². The SMILES string of the molecule is NC(c1ccc(F)c(Br)c1)c1ccc(F)c(Br)c1. The molecule has 0 bridgehead atoms. The van der Waals surface area contributed by atoms with Gasteiger partial charge in [-0.2, -0.15) is 0 Å². The normalized spacial score (nSPS) is 11.0. The van der Waals surface area contributed by atoms with Gasteiger partial charge in [-0.05, 0) is 67.3 Å². The minimum absolute atomic E-state index is 0.341. The summed E-state index contributed by atoms with van der Waals surface area (Å²) in [7, 11) is 0. The molecule has 0 saturated carbocycles. The molecule has 0 amide bonds. The van der Waals surface area contributed by atoms with Gasteiger partial charge in [0.2, 0.25) is 0 Å². The van der Waals surface area contributed by atoms with E-state index in [9.17, 15) is 8.78 Å². The van der Waals surface area contributed by atoms with E-state index >= 15 is 0 Å². The summed E-state index contributed by atoms with van der Waals surface area (Å²) in [6.45, 7) is 0. The Morgan fingerprint density at radius 1 is 0.833 bits per heavy atom. The molecule has 0 spiro atoms. The highest BCUT2D eigenvalue weighted by atomic mass is 79.9. The predicted molar refractivity (Wildman–Crippen MR) is 74.2 cm³/mol. The van der Waals surface area contributed by atoms with Gasteiger partial charge in [0.15, 0.2) is 0 Å². The van der Waals surface area contributed by atoms with Gasteiger partial charge in [0, 0.05) is 0 Å². The van der Waals surface area contributed by atoms with Crippen molar-refractivity contribution in [3.63, 3.8) is 0 Å². The van der Waals surface area contributed by atoms with Crippen LogP contribution in [0.15, 0.2) is 45.3 Å². The van der Waals surface area contributed by atoms with Crippen molar-refractivity contribution in [1.29, 1.82) is 0 Å². The Hall–Kier alpha value is -0.780. The first-order valence-electron chi connectivity index (χ1n) is 5.14. The van der Waals surface area contributed by atoms with Gasteiger partial charge in [0.1, 0.15) is 11.6 Å². The highest BCUT2D eigenvalue weighted by Crippen LogP contribution is 2.27. The van der Waals surface area contributed by atoms with Crippen LogP contribution in [0.3, 0.4) is 0 Å². The second kappa shape index (κ2) is 5.47. The lowest BCUT2D eigenvalue weighted by Crippen LogP contribution is -2.12. The third-order valence-electron chi connectivity index (χ3n) is 2.61. The Morgan fingerprint density at radius 2 is 1.22 bits per heavy atom. The zero-order chi connectivity index (χ0) is 13.3. The topological polar surface area (TPSA) is 26.0 Å². The van der Waals surface area contributed by atoms with Crippen LogP contribution in [0.5, 0.6) is 0 Å². The molecular formula is C13H9Br2F2N. The van der Waals surface area contributed by atoms with Crippen molar-refractivity contribution in [2.24, 2.45) is 5.73 Å². The molecule has 2 rings (SSSR count). The summed E-state index contributed by atoms with van der Waals surface area (Å²) in [6, 6.07) is 8.73. The summed E-state index contributed by atoms with van der Waals surface area (Å²) in [5, 5.41) is 0. The maximum atomic E-state index is 13.1. The molecule has 0 aromatic heterocycles. The van der Waals surface area contributed by atoms with Gasteiger partial charge in [-0.3, -0.25) is 0 Å². The van der Waals surface area contributed by atoms with Crippen molar-refractivity contribution >= 4 is 31.9 Å². The van der Waals surface area contributed by atoms with Crippen LogP contribution in [0, 0.1) is 11.6 Å². The number of hydrogen-bond acceptors (Lipinski definition) is 1. The third-order valence-corrected chi connectivity index (χ3v) is 3.82. The first kappa shape index (κ1) is 13.6. The van der Waals surface area contributed by atoms with Gasteiger partial charge in [0.05, 0.1) is 15.0 Å². The zero-order valence-electron chi connectivity index (χ0n) is 9.13. The number of rotatable bonds is 2. The van der Waals surface area contributed by atoms with E-state index in [0.717, 1.165) is 11.1 Å². The molecule has 0 aliphatic carbocycles. The molecule has 0 unspecified atom stereocenters. The molecule has 0 atom stereocenters. The van der Waals surface area contributed by atoms with Crippen LogP contribution in [0.25, 0.3) is 0 Å². The van der Waals surface area contributed by atoms with Crippen LogP contribution in [-0.4, -0.2) is 0 Å². The van der Waals surface area contributed by atoms with E-state index in [1.807, 2.05) is 0 Å². The third kappa shape index (κ3) is 2.79. The second-order valence-electron chi connectivity index (χ2n) is 3.82. The summed E-state index contributed by atoms with van der Waals surface area (Å²) < 4.78 is 27.0. The minimum Gasteiger partial charge on any atom is -0.320 e. The lowest BCUT2D eigenvalue weighted by Gasteiger charge is -2.13. The molecule has 2 N–H and O–H groups in total. The van der Waals surface area contributed by atoms with E-state index < -0.39 is 6.04 Å². The molecule has 0 saturated heterocycles. The smallest absolute Gasteiger partial charge is 0.137 e. The number of halogens is 4. The average Bonchev–Trinajstić information content (AvgIpc) is 2.35. The Labute approximate surface area is 120 Å². The first-order chi connectivity index (χ1) is 8.49. The summed E-state index contributed by atoms with van der Waals surface area (Å²) in [5.41, 5.74) is 7.57. The minimum atomic E-state index is -0.432. The lowest BCUT2D eigenvalue weighted by molar-refractivity contribution is 0.618. The summed E-state index contributed by atoms with van der Waals surface area (Å²) in [6.07, 6.45) is 0. The van der Waals surface area contributed by atoms with Crippen molar-refractivity contribution in [2.75, 3.05) is 0 Å². The second-order valence-corrected chi connectivity index (χ2v) is 5.53. The van der Waals surface area contributed by atoms with Crippen LogP contribution in [0.4, 0.5) is 8.78 Å². The molecule has 94 valence electrons. The summed E-state index contributed by atoms with van der Waals surface area (Å²) in [5.74, 6) is -0.683. The van der Waals surface area contributed by atoms with Gasteiger partial charge in [0.25, 0.3) is 0 Å². The molecule has 0 aliphatic rings. The molecule has 1 nitrogen and oxygen atoms in total. The molecule has 18 heavy (non-hydrogen) atoms. The standard InChI is InChI=1S/C13H9Br2F2N/c14-9-5-7(1-3-11(9)16)13(18)8-2-4-12(17)10(15)6-8/h1-6,13H,18H2. The van der Waals surface area contributed by atoms with Gasteiger partial charge >= 0.3 is 0 Å². The van der Waals surface area contributed by atoms with Crippen molar-refractivity contribution in [2.45, 2.75) is 6.04 Å². The van der Waals surface area contributed by atoms with Crippen molar-refractivity contribution < 1.29 is 8.78 Å². The van der Waals surface area contributed by atoms with Gasteiger partial charge in [-0.1, -0.05) is 12.1 Å². The monoisotopic (exact) mass is 375 g/mol. The fourth-order valence-corrected chi connectivity index (χ4v) is 2.40. The van der Waals surface area contributed by atoms with E-state index in [1.165, 1.54) is 12.1 Å². The molecule has 5 heteroatoms. The fraction of sp³-hybridized carbons (Fsp3) is 0.0769. The van der Waals surface area contributed by atoms with E-state index in [0.29, 0.717) is 8.95 Å². The van der Waals surface area contributed by atoms with Crippen molar-refractivity contribution in [3.8, 4) is 0 Å². The quantitative estimate of drug-likeness (QED) is 0.818. The Balaban J connectivity index is 2.37. The Bertz CT molecular complexity index is 536. The molecule has 0 radical (unpaired) electrons. The molecule has 0 fully saturated rings. The van der Waals surface area contributed by atoms with Crippen LogP contribution in [0.2, 0.25) is 0 Å². The molecular weight excluding hydrogens is 368 g/mol. The van der Waals surface area contributed by atoms with E-state index in [4.69, 9.17) is 5.73 Å². The maximum Gasteiger partial charge on any atom is 0.137 e. The number of benzene rings is 2. The molecule has 0 heterocycles. The van der Waals surface area contributed by atoms with Gasteiger partial charge < -0.3 is 5.73 Å². The number of nitrogens with two attached hydrogens (primary N) is 1. The molecule has 2 aromatic carbocycles. The average molecular weight is 377 g/mol. The van der Waals surface area contributed by atoms with E-state index in [1.54, 1.807) is 24.3 Å². The largest absolute Gasteiger partial charge is 0.320 e. The molecule has 2 aromatic rings. The first-order valence-corrected chi connectivity index (χ1v) is 6.73. The number of hydrogen-bond donors (Lipinski definition) is 1. The fourth-order valence-electron chi connectivity index (χ4n) is 1.60. The van der Waals surface area contributed by atoms with E-state index in [-0.39, 0.29) is 11.6 Å². The van der Waals surface area contributed by atoms with Crippen LogP contribution in [0.1, 0.15) is 17.2 Å². The Morgan fingerprint density at radius 3 is 1.56 bits per heavy atom. The van der Waals surface area contributed by atoms with Crippen LogP contribution >= 0.6 is 31.9 Å². The van der Waals surface area contributed by atoms with Crippen molar-refractivity contribution in [3.05, 3.63) is 68.1 Å². The lowest BCUT2D eigenvalue weighted by atomic mass is 10.00. The highest BCUT2D eigenvalue weighted by molar-refractivity contribution is 9.10. The van der Waals surface area contributed by atoms with Crippen LogP contribution < -0.4 is 5.73 Å². The van der Waals surface area contributed by atoms with Gasteiger partial charge in [-0.15, -0.1) is 0 Å². The molecule has 0 aliphatic heterocycles. The zero-order valence-corrected chi connectivity index (χ0v) is 12.3. The maximum absolute atomic E-state index is 13.1. The Kier molecular flexibility index (Phi) is 4.14. The summed E-state index contributed by atoms with van der Waals surface area (Å²) in [4.78, 5) is 0. The highest BCUT2D eigenvalue weighted by Gasteiger charge is 2.12.